The van der Waals surface area contributed by atoms with E-state index in [0.29, 0.717) is 26.9 Å². The number of nitrogens with one attached hydrogen (secondary N) is 1. The van der Waals surface area contributed by atoms with Gasteiger partial charge in [0.1, 0.15) is 0 Å². The Labute approximate surface area is 162 Å². The molecule has 1 saturated heterocycles. The average molecular weight is 392 g/mol. The topological polar surface area (TPSA) is 53.9 Å². The summed E-state index contributed by atoms with van der Waals surface area (Å²) >= 11 is 12.2. The molecule has 1 N–H and O–H groups in total. The lowest BCUT2D eigenvalue weighted by Gasteiger charge is -2.17. The maximum Gasteiger partial charge on any atom is 0.271 e. The molecule has 1 fully saturated rings. The zero-order chi connectivity index (χ0) is 18.5. The summed E-state index contributed by atoms with van der Waals surface area (Å²) in [5.74, 6) is 0.132. The van der Waals surface area contributed by atoms with E-state index in [1.807, 2.05) is 12.1 Å². The molecule has 1 aliphatic heterocycles. The van der Waals surface area contributed by atoms with Crippen LogP contribution in [0.25, 0.3) is 0 Å². The van der Waals surface area contributed by atoms with Crippen LogP contribution in [0.1, 0.15) is 28.8 Å². The van der Waals surface area contributed by atoms with E-state index in [-0.39, 0.29) is 5.91 Å². The van der Waals surface area contributed by atoms with Crippen molar-refractivity contribution in [2.75, 3.05) is 25.1 Å². The van der Waals surface area contributed by atoms with Gasteiger partial charge in [-0.15, -0.1) is 0 Å². The summed E-state index contributed by atoms with van der Waals surface area (Å²) in [5.41, 5.74) is 4.86. The molecule has 2 aromatic carbocycles. The third-order valence-electron chi connectivity index (χ3n) is 4.21. The third kappa shape index (κ3) is 4.29. The molecule has 0 atom stereocenters. The number of amides is 1. The predicted molar refractivity (Wildman–Crippen MR) is 106 cm³/mol. The van der Waals surface area contributed by atoms with Gasteiger partial charge in [0, 0.05) is 24.3 Å². The number of rotatable bonds is 5. The highest BCUT2D eigenvalue weighted by molar-refractivity contribution is 6.37. The van der Waals surface area contributed by atoms with Crippen LogP contribution in [-0.4, -0.2) is 32.3 Å². The zero-order valence-electron chi connectivity index (χ0n) is 14.3. The van der Waals surface area contributed by atoms with Crippen LogP contribution >= 0.6 is 23.2 Å². The molecule has 3 rings (SSSR count). The average Bonchev–Trinajstić information content (AvgIpc) is 3.16. The maximum atomic E-state index is 12.2. The van der Waals surface area contributed by atoms with E-state index in [2.05, 4.69) is 15.4 Å². The number of carbonyl (C=O) groups is 1. The Balaban J connectivity index is 1.62. The molecule has 1 amide bonds. The zero-order valence-corrected chi connectivity index (χ0v) is 15.8. The number of hydrogen-bond donors (Lipinski definition) is 1. The molecule has 0 saturated carbocycles. The molecule has 0 aliphatic carbocycles. The second-order valence-corrected chi connectivity index (χ2v) is 6.77. The summed E-state index contributed by atoms with van der Waals surface area (Å²) in [6, 6.07) is 10.9. The minimum Gasteiger partial charge on any atom is -0.494 e. The standard InChI is InChI=1S/C19H19Cl2N3O2/c1-26-18-16(20)10-13(11-17(18)21)12-22-23-19(25)14-4-6-15(7-5-14)24-8-2-3-9-24/h4-7,10-12H,2-3,8-9H2,1H3,(H,23,25)/b22-12-. The quantitative estimate of drug-likeness (QED) is 0.608. The van der Waals surface area contributed by atoms with E-state index < -0.39 is 0 Å². The Morgan fingerprint density at radius 3 is 2.35 bits per heavy atom. The van der Waals surface area contributed by atoms with E-state index in [1.165, 1.54) is 26.2 Å². The van der Waals surface area contributed by atoms with Gasteiger partial charge >= 0.3 is 0 Å². The molecule has 26 heavy (non-hydrogen) atoms. The van der Waals surface area contributed by atoms with Gasteiger partial charge in [-0.2, -0.15) is 5.10 Å². The molecule has 0 bridgehead atoms. The van der Waals surface area contributed by atoms with Crippen molar-refractivity contribution in [1.29, 1.82) is 0 Å². The maximum absolute atomic E-state index is 12.2. The molecule has 0 unspecified atom stereocenters. The highest BCUT2D eigenvalue weighted by Crippen LogP contribution is 2.33. The van der Waals surface area contributed by atoms with Crippen molar-refractivity contribution in [3.05, 3.63) is 57.6 Å². The number of anilines is 1. The number of ether oxygens (including phenoxy) is 1. The number of hydrazone groups is 1. The number of carbonyl (C=O) groups excluding carboxylic acids is 1. The third-order valence-corrected chi connectivity index (χ3v) is 4.77. The number of nitrogens with zero attached hydrogens (tertiary/aromatic N) is 2. The molecule has 136 valence electrons. The summed E-state index contributed by atoms with van der Waals surface area (Å²) in [7, 11) is 1.50. The molecule has 1 aliphatic rings. The van der Waals surface area contributed by atoms with Crippen molar-refractivity contribution in [3.8, 4) is 5.75 Å². The van der Waals surface area contributed by atoms with Crippen LogP contribution in [0.15, 0.2) is 41.5 Å². The number of hydrogen-bond acceptors (Lipinski definition) is 4. The number of halogens is 2. The summed E-state index contributed by atoms with van der Waals surface area (Å²) in [5, 5.41) is 4.72. The summed E-state index contributed by atoms with van der Waals surface area (Å²) in [6.45, 7) is 2.14. The van der Waals surface area contributed by atoms with Crippen molar-refractivity contribution in [3.63, 3.8) is 0 Å². The first-order valence-corrected chi connectivity index (χ1v) is 9.05. The Kier molecular flexibility index (Phi) is 6.01. The van der Waals surface area contributed by atoms with E-state index in [1.54, 1.807) is 24.3 Å². The molecule has 1 heterocycles. The van der Waals surface area contributed by atoms with Crippen LogP contribution in [0.3, 0.4) is 0 Å². The first-order chi connectivity index (χ1) is 12.6. The van der Waals surface area contributed by atoms with Crippen molar-refractivity contribution < 1.29 is 9.53 Å². The fourth-order valence-electron chi connectivity index (χ4n) is 2.88. The van der Waals surface area contributed by atoms with Crippen molar-refractivity contribution in [1.82, 2.24) is 5.43 Å². The van der Waals surface area contributed by atoms with Gasteiger partial charge in [-0.3, -0.25) is 4.79 Å². The van der Waals surface area contributed by atoms with E-state index in [4.69, 9.17) is 27.9 Å². The normalized spacial score (nSPS) is 14.0. The molecular formula is C19H19Cl2N3O2. The van der Waals surface area contributed by atoms with Crippen LogP contribution in [0.4, 0.5) is 5.69 Å². The van der Waals surface area contributed by atoms with Gasteiger partial charge in [-0.25, -0.2) is 5.43 Å². The molecule has 0 spiro atoms. The van der Waals surface area contributed by atoms with Gasteiger partial charge in [-0.05, 0) is 54.8 Å². The second-order valence-electron chi connectivity index (χ2n) is 5.96. The smallest absolute Gasteiger partial charge is 0.271 e. The first kappa shape index (κ1) is 18.5. The van der Waals surface area contributed by atoms with Crippen molar-refractivity contribution in [2.45, 2.75) is 12.8 Å². The van der Waals surface area contributed by atoms with E-state index >= 15 is 0 Å². The Bertz CT molecular complexity index is 793. The molecule has 0 aromatic heterocycles. The van der Waals surface area contributed by atoms with E-state index in [9.17, 15) is 4.79 Å². The van der Waals surface area contributed by atoms with E-state index in [0.717, 1.165) is 18.8 Å². The monoisotopic (exact) mass is 391 g/mol. The summed E-state index contributed by atoms with van der Waals surface area (Å²) < 4.78 is 5.10. The fourth-order valence-corrected chi connectivity index (χ4v) is 3.54. The Hall–Kier alpha value is -2.24. The van der Waals surface area contributed by atoms with Gasteiger partial charge in [0.25, 0.3) is 5.91 Å². The SMILES string of the molecule is COc1c(Cl)cc(/C=N\NC(=O)c2ccc(N3CCCC3)cc2)cc1Cl. The van der Waals surface area contributed by atoms with Crippen LogP contribution in [0.5, 0.6) is 5.75 Å². The lowest BCUT2D eigenvalue weighted by atomic mass is 10.2. The van der Waals surface area contributed by atoms with Gasteiger partial charge in [0.2, 0.25) is 0 Å². The van der Waals surface area contributed by atoms with Crippen LogP contribution in [0.2, 0.25) is 10.0 Å². The largest absolute Gasteiger partial charge is 0.494 e. The van der Waals surface area contributed by atoms with Gasteiger partial charge in [-0.1, -0.05) is 23.2 Å². The first-order valence-electron chi connectivity index (χ1n) is 8.30. The summed E-state index contributed by atoms with van der Waals surface area (Å²) in [4.78, 5) is 14.5. The Morgan fingerprint density at radius 1 is 1.15 bits per heavy atom. The van der Waals surface area contributed by atoms with Gasteiger partial charge in [0.05, 0.1) is 23.4 Å². The molecule has 7 heteroatoms. The highest BCUT2D eigenvalue weighted by atomic mass is 35.5. The van der Waals surface area contributed by atoms with Gasteiger partial charge in [0.15, 0.2) is 5.75 Å². The van der Waals surface area contributed by atoms with Crippen molar-refractivity contribution in [2.24, 2.45) is 5.10 Å². The molecule has 5 nitrogen and oxygen atoms in total. The number of benzene rings is 2. The van der Waals surface area contributed by atoms with Crippen molar-refractivity contribution >= 4 is 41.0 Å². The minimum atomic E-state index is -0.278. The summed E-state index contributed by atoms with van der Waals surface area (Å²) in [6.07, 6.45) is 3.92. The van der Waals surface area contributed by atoms with Gasteiger partial charge < -0.3 is 9.64 Å². The minimum absolute atomic E-state index is 0.278. The Morgan fingerprint density at radius 2 is 1.77 bits per heavy atom. The van der Waals surface area contributed by atoms with Crippen LogP contribution < -0.4 is 15.1 Å². The van der Waals surface area contributed by atoms with Crippen LogP contribution in [0, 0.1) is 0 Å². The highest BCUT2D eigenvalue weighted by Gasteiger charge is 2.13. The fraction of sp³-hybridized carbons (Fsp3) is 0.263. The lowest BCUT2D eigenvalue weighted by molar-refractivity contribution is 0.0955. The van der Waals surface area contributed by atoms with Crippen LogP contribution in [-0.2, 0) is 0 Å². The molecule has 0 radical (unpaired) electrons. The second kappa shape index (κ2) is 8.43. The lowest BCUT2D eigenvalue weighted by Crippen LogP contribution is -2.19. The predicted octanol–water partition coefficient (Wildman–Crippen LogP) is 4.37. The molecule has 2 aromatic rings. The molecular weight excluding hydrogens is 373 g/mol. The number of methoxy groups -OCH3 is 1.